The largest absolute Gasteiger partial charge is 0.497 e. The molecule has 1 unspecified atom stereocenters. The summed E-state index contributed by atoms with van der Waals surface area (Å²) >= 11 is 3.16. The number of carbonyl (C=O) groups is 1. The Hall–Kier alpha value is -1.07. The van der Waals surface area contributed by atoms with E-state index in [1.165, 1.54) is 0 Å². The van der Waals surface area contributed by atoms with Crippen molar-refractivity contribution in [1.82, 2.24) is 4.90 Å². The Morgan fingerprint density at radius 3 is 2.30 bits per heavy atom. The van der Waals surface area contributed by atoms with Crippen LogP contribution in [0.4, 0.5) is 0 Å². The fourth-order valence-corrected chi connectivity index (χ4v) is 1.91. The van der Waals surface area contributed by atoms with E-state index in [4.69, 9.17) is 4.74 Å². The zero-order valence-electron chi connectivity index (χ0n) is 12.6. The standard InChI is InChI=1S/C13H18BrNO3.C2H6/c1-10(9-16)15(13(17)7-14)8-11-3-5-12(18-2)6-4-11;1-2/h3-6,10,16H,7-9H2,1-2H3;1-2H3. The zero-order chi connectivity index (χ0) is 15.5. The smallest absolute Gasteiger partial charge is 0.233 e. The predicted molar refractivity (Wildman–Crippen MR) is 85.2 cm³/mol. The van der Waals surface area contributed by atoms with Gasteiger partial charge in [-0.25, -0.2) is 0 Å². The maximum Gasteiger partial charge on any atom is 0.233 e. The second kappa shape index (κ2) is 10.7. The Kier molecular flexibility index (Phi) is 10.1. The number of benzene rings is 1. The van der Waals surface area contributed by atoms with Gasteiger partial charge in [0, 0.05) is 6.54 Å². The van der Waals surface area contributed by atoms with Gasteiger partial charge in [0.05, 0.1) is 25.1 Å². The maximum absolute atomic E-state index is 11.8. The van der Waals surface area contributed by atoms with Gasteiger partial charge in [0.25, 0.3) is 0 Å². The van der Waals surface area contributed by atoms with Crippen molar-refractivity contribution in [2.75, 3.05) is 19.0 Å². The molecule has 5 heteroatoms. The van der Waals surface area contributed by atoms with E-state index in [-0.39, 0.29) is 23.9 Å². The Morgan fingerprint density at radius 2 is 1.90 bits per heavy atom. The molecule has 0 fully saturated rings. The van der Waals surface area contributed by atoms with E-state index in [1.54, 1.807) is 12.0 Å². The van der Waals surface area contributed by atoms with Gasteiger partial charge in [-0.2, -0.15) is 0 Å². The molecule has 0 radical (unpaired) electrons. The van der Waals surface area contributed by atoms with Crippen LogP contribution < -0.4 is 4.74 Å². The van der Waals surface area contributed by atoms with Crippen molar-refractivity contribution in [2.45, 2.75) is 33.4 Å². The second-order valence-electron chi connectivity index (χ2n) is 4.03. The van der Waals surface area contributed by atoms with E-state index in [1.807, 2.05) is 45.0 Å². The molecular weight excluding hydrogens is 322 g/mol. The van der Waals surface area contributed by atoms with Crippen LogP contribution >= 0.6 is 15.9 Å². The predicted octanol–water partition coefficient (Wildman–Crippen LogP) is 2.83. The van der Waals surface area contributed by atoms with E-state index in [9.17, 15) is 9.90 Å². The molecule has 0 aliphatic heterocycles. The lowest BCUT2D eigenvalue weighted by Crippen LogP contribution is -2.40. The van der Waals surface area contributed by atoms with Gasteiger partial charge in [0.1, 0.15) is 5.75 Å². The number of aliphatic hydroxyl groups is 1. The summed E-state index contributed by atoms with van der Waals surface area (Å²) in [6.07, 6.45) is 0. The minimum atomic E-state index is -0.197. The van der Waals surface area contributed by atoms with Crippen LogP contribution in [0.1, 0.15) is 26.3 Å². The summed E-state index contributed by atoms with van der Waals surface area (Å²) in [7, 11) is 1.61. The summed E-state index contributed by atoms with van der Waals surface area (Å²) in [6, 6.07) is 7.34. The van der Waals surface area contributed by atoms with Crippen LogP contribution in [0.2, 0.25) is 0 Å². The normalized spacial score (nSPS) is 11.1. The molecule has 1 aromatic carbocycles. The Balaban J connectivity index is 0.00000172. The van der Waals surface area contributed by atoms with Gasteiger partial charge < -0.3 is 14.7 Å². The van der Waals surface area contributed by atoms with Gasteiger partial charge in [-0.1, -0.05) is 41.9 Å². The number of carbonyl (C=O) groups excluding carboxylic acids is 1. The fourth-order valence-electron chi connectivity index (χ4n) is 1.59. The number of halogens is 1. The summed E-state index contributed by atoms with van der Waals surface area (Å²) in [5, 5.41) is 9.44. The molecule has 0 bridgehead atoms. The fraction of sp³-hybridized carbons (Fsp3) is 0.533. The number of aliphatic hydroxyl groups excluding tert-OH is 1. The summed E-state index contributed by atoms with van der Waals surface area (Å²) < 4.78 is 5.08. The van der Waals surface area contributed by atoms with E-state index >= 15 is 0 Å². The molecule has 0 saturated carbocycles. The molecule has 0 spiro atoms. The van der Waals surface area contributed by atoms with Gasteiger partial charge in [-0.05, 0) is 24.6 Å². The first-order valence-electron chi connectivity index (χ1n) is 6.71. The molecular formula is C15H24BrNO3. The number of hydrogen-bond donors (Lipinski definition) is 1. The van der Waals surface area contributed by atoms with E-state index in [2.05, 4.69) is 15.9 Å². The highest BCUT2D eigenvalue weighted by Crippen LogP contribution is 2.14. The van der Waals surface area contributed by atoms with Crippen molar-refractivity contribution in [3.63, 3.8) is 0 Å². The van der Waals surface area contributed by atoms with Crippen molar-refractivity contribution < 1.29 is 14.6 Å². The van der Waals surface area contributed by atoms with Crippen molar-refractivity contribution in [3.8, 4) is 5.75 Å². The first-order chi connectivity index (χ1) is 9.62. The quantitative estimate of drug-likeness (QED) is 0.806. The molecule has 0 aliphatic carbocycles. The molecule has 1 atom stereocenters. The maximum atomic E-state index is 11.8. The van der Waals surface area contributed by atoms with Crippen LogP contribution in [-0.2, 0) is 11.3 Å². The van der Waals surface area contributed by atoms with Crippen molar-refractivity contribution in [1.29, 1.82) is 0 Å². The number of nitrogens with zero attached hydrogens (tertiary/aromatic N) is 1. The van der Waals surface area contributed by atoms with Crippen LogP contribution in [-0.4, -0.2) is 41.0 Å². The minimum Gasteiger partial charge on any atom is -0.497 e. The average molecular weight is 346 g/mol. The molecule has 1 N–H and O–H groups in total. The van der Waals surface area contributed by atoms with Crippen LogP contribution in [0.3, 0.4) is 0 Å². The van der Waals surface area contributed by atoms with Gasteiger partial charge in [-0.3, -0.25) is 4.79 Å². The topological polar surface area (TPSA) is 49.8 Å². The molecule has 1 amide bonds. The number of methoxy groups -OCH3 is 1. The molecule has 1 rings (SSSR count). The third kappa shape index (κ3) is 5.92. The molecule has 114 valence electrons. The number of hydrogen-bond acceptors (Lipinski definition) is 3. The number of rotatable bonds is 6. The van der Waals surface area contributed by atoms with Crippen molar-refractivity contribution in [2.24, 2.45) is 0 Å². The molecule has 0 aliphatic rings. The van der Waals surface area contributed by atoms with Gasteiger partial charge in [0.15, 0.2) is 0 Å². The highest BCUT2D eigenvalue weighted by atomic mass is 79.9. The summed E-state index contributed by atoms with van der Waals surface area (Å²) in [6.45, 7) is 6.26. The summed E-state index contributed by atoms with van der Waals surface area (Å²) in [5.74, 6) is 0.750. The molecule has 1 aromatic rings. The summed E-state index contributed by atoms with van der Waals surface area (Å²) in [4.78, 5) is 13.4. The Bertz CT molecular complexity index is 381. The monoisotopic (exact) mass is 345 g/mol. The van der Waals surface area contributed by atoms with E-state index in [0.29, 0.717) is 6.54 Å². The Morgan fingerprint density at radius 1 is 1.35 bits per heavy atom. The van der Waals surface area contributed by atoms with E-state index < -0.39 is 0 Å². The van der Waals surface area contributed by atoms with Crippen molar-refractivity contribution in [3.05, 3.63) is 29.8 Å². The van der Waals surface area contributed by atoms with Crippen LogP contribution in [0.15, 0.2) is 24.3 Å². The number of ether oxygens (including phenoxy) is 1. The van der Waals surface area contributed by atoms with Crippen LogP contribution in [0.25, 0.3) is 0 Å². The number of alkyl halides is 1. The molecule has 0 aromatic heterocycles. The molecule has 20 heavy (non-hydrogen) atoms. The van der Waals surface area contributed by atoms with Crippen LogP contribution in [0, 0.1) is 0 Å². The van der Waals surface area contributed by atoms with E-state index in [0.717, 1.165) is 11.3 Å². The van der Waals surface area contributed by atoms with Crippen molar-refractivity contribution >= 4 is 21.8 Å². The first-order valence-corrected chi connectivity index (χ1v) is 7.83. The number of amides is 1. The zero-order valence-corrected chi connectivity index (χ0v) is 14.2. The second-order valence-corrected chi connectivity index (χ2v) is 4.60. The first kappa shape index (κ1) is 18.9. The highest BCUT2D eigenvalue weighted by Gasteiger charge is 2.18. The lowest BCUT2D eigenvalue weighted by molar-refractivity contribution is -0.131. The minimum absolute atomic E-state index is 0.0348. The lowest BCUT2D eigenvalue weighted by atomic mass is 10.1. The van der Waals surface area contributed by atoms with Gasteiger partial charge in [-0.15, -0.1) is 0 Å². The van der Waals surface area contributed by atoms with Gasteiger partial charge >= 0.3 is 0 Å². The van der Waals surface area contributed by atoms with Gasteiger partial charge in [0.2, 0.25) is 5.91 Å². The third-order valence-corrected chi connectivity index (χ3v) is 3.22. The third-order valence-electron chi connectivity index (χ3n) is 2.74. The lowest BCUT2D eigenvalue weighted by Gasteiger charge is -2.27. The summed E-state index contributed by atoms with van der Waals surface area (Å²) in [5.41, 5.74) is 1.01. The van der Waals surface area contributed by atoms with Crippen LogP contribution in [0.5, 0.6) is 5.75 Å². The average Bonchev–Trinajstić information content (AvgIpc) is 2.53. The SMILES string of the molecule is CC.COc1ccc(CN(C(=O)CBr)C(C)CO)cc1. The molecule has 4 nitrogen and oxygen atoms in total. The molecule has 0 heterocycles. The molecule has 0 saturated heterocycles. The Labute approximate surface area is 129 Å². The highest BCUT2D eigenvalue weighted by molar-refractivity contribution is 9.09.